The highest BCUT2D eigenvalue weighted by Gasteiger charge is 2.27. The SMILES string of the molecule is Cc1ccc2cc(CN3CC(CN)CC3C)ccc2n1. The minimum absolute atomic E-state index is 0.635. The molecule has 3 nitrogen and oxygen atoms in total. The molecule has 0 saturated carbocycles. The molecule has 1 fully saturated rings. The average Bonchev–Trinajstić information content (AvgIpc) is 2.80. The Morgan fingerprint density at radius 2 is 2.15 bits per heavy atom. The summed E-state index contributed by atoms with van der Waals surface area (Å²) in [6.45, 7) is 7.29. The van der Waals surface area contributed by atoms with E-state index in [0.29, 0.717) is 12.0 Å². The molecule has 2 unspecified atom stereocenters. The first kappa shape index (κ1) is 13.5. The van der Waals surface area contributed by atoms with Gasteiger partial charge in [-0.25, -0.2) is 0 Å². The summed E-state index contributed by atoms with van der Waals surface area (Å²) in [6.07, 6.45) is 1.23. The monoisotopic (exact) mass is 269 g/mol. The van der Waals surface area contributed by atoms with Gasteiger partial charge in [-0.2, -0.15) is 0 Å². The molecule has 1 aromatic heterocycles. The fourth-order valence-electron chi connectivity index (χ4n) is 3.22. The van der Waals surface area contributed by atoms with Crippen LogP contribution in [0.3, 0.4) is 0 Å². The molecule has 3 heteroatoms. The zero-order valence-corrected chi connectivity index (χ0v) is 12.3. The minimum atomic E-state index is 0.635. The van der Waals surface area contributed by atoms with E-state index < -0.39 is 0 Å². The smallest absolute Gasteiger partial charge is 0.0705 e. The summed E-state index contributed by atoms with van der Waals surface area (Å²) in [6, 6.07) is 11.5. The van der Waals surface area contributed by atoms with E-state index in [0.717, 1.165) is 30.8 Å². The van der Waals surface area contributed by atoms with Gasteiger partial charge in [-0.05, 0) is 56.5 Å². The molecule has 0 radical (unpaired) electrons. The maximum Gasteiger partial charge on any atom is 0.0705 e. The average molecular weight is 269 g/mol. The molecule has 0 bridgehead atoms. The Hall–Kier alpha value is -1.45. The maximum absolute atomic E-state index is 5.81. The number of aromatic nitrogens is 1. The predicted octanol–water partition coefficient (Wildman–Crippen LogP) is 2.71. The first-order valence-electron chi connectivity index (χ1n) is 7.46. The van der Waals surface area contributed by atoms with E-state index in [4.69, 9.17) is 5.73 Å². The van der Waals surface area contributed by atoms with Gasteiger partial charge >= 0.3 is 0 Å². The Balaban J connectivity index is 1.79. The number of benzene rings is 1. The molecule has 3 rings (SSSR count). The standard InChI is InChI=1S/C17H23N3/c1-12-3-5-16-8-14(4-6-17(16)19-12)10-20-11-15(9-18)7-13(20)2/h3-6,8,13,15H,7,9-11,18H2,1-2H3. The second-order valence-electron chi connectivity index (χ2n) is 6.10. The Morgan fingerprint density at radius 3 is 2.90 bits per heavy atom. The zero-order valence-electron chi connectivity index (χ0n) is 12.3. The summed E-state index contributed by atoms with van der Waals surface area (Å²) < 4.78 is 0. The summed E-state index contributed by atoms with van der Waals surface area (Å²) in [4.78, 5) is 7.10. The van der Waals surface area contributed by atoms with Crippen LogP contribution in [0.25, 0.3) is 10.9 Å². The van der Waals surface area contributed by atoms with Gasteiger partial charge in [0.2, 0.25) is 0 Å². The molecular weight excluding hydrogens is 246 g/mol. The van der Waals surface area contributed by atoms with Crippen LogP contribution in [0.2, 0.25) is 0 Å². The lowest BCUT2D eigenvalue weighted by Crippen LogP contribution is -2.27. The van der Waals surface area contributed by atoms with Crippen LogP contribution >= 0.6 is 0 Å². The van der Waals surface area contributed by atoms with Gasteiger partial charge in [-0.1, -0.05) is 12.1 Å². The number of hydrogen-bond acceptors (Lipinski definition) is 3. The topological polar surface area (TPSA) is 42.1 Å². The van der Waals surface area contributed by atoms with Gasteiger partial charge in [-0.3, -0.25) is 9.88 Å². The van der Waals surface area contributed by atoms with Crippen molar-refractivity contribution in [3.05, 3.63) is 41.6 Å². The second-order valence-corrected chi connectivity index (χ2v) is 6.10. The lowest BCUT2D eigenvalue weighted by atomic mass is 10.1. The number of rotatable bonds is 3. The lowest BCUT2D eigenvalue weighted by Gasteiger charge is -2.21. The molecule has 1 aromatic carbocycles. The third-order valence-electron chi connectivity index (χ3n) is 4.40. The van der Waals surface area contributed by atoms with Crippen LogP contribution in [0.1, 0.15) is 24.6 Å². The quantitative estimate of drug-likeness (QED) is 0.931. The van der Waals surface area contributed by atoms with Gasteiger partial charge in [0.1, 0.15) is 0 Å². The highest BCUT2D eigenvalue weighted by Crippen LogP contribution is 2.25. The van der Waals surface area contributed by atoms with Crippen LogP contribution in [0.4, 0.5) is 0 Å². The Morgan fingerprint density at radius 1 is 1.30 bits per heavy atom. The molecular formula is C17H23N3. The molecule has 1 aliphatic heterocycles. The number of nitrogens with two attached hydrogens (primary N) is 1. The molecule has 0 aliphatic carbocycles. The van der Waals surface area contributed by atoms with E-state index in [9.17, 15) is 0 Å². The highest BCUT2D eigenvalue weighted by molar-refractivity contribution is 5.79. The van der Waals surface area contributed by atoms with Gasteiger partial charge in [0.25, 0.3) is 0 Å². The summed E-state index contributed by atoms with van der Waals surface area (Å²) in [5.74, 6) is 0.662. The molecule has 20 heavy (non-hydrogen) atoms. The number of pyridine rings is 1. The third-order valence-corrected chi connectivity index (χ3v) is 4.40. The molecule has 2 aromatic rings. The second kappa shape index (κ2) is 5.51. The largest absolute Gasteiger partial charge is 0.330 e. The van der Waals surface area contributed by atoms with Crippen molar-refractivity contribution in [2.45, 2.75) is 32.9 Å². The van der Waals surface area contributed by atoms with E-state index >= 15 is 0 Å². The molecule has 0 spiro atoms. The fraction of sp³-hybridized carbons (Fsp3) is 0.471. The van der Waals surface area contributed by atoms with Crippen molar-refractivity contribution in [3.8, 4) is 0 Å². The number of hydrogen-bond donors (Lipinski definition) is 1. The first-order chi connectivity index (χ1) is 9.65. The van der Waals surface area contributed by atoms with E-state index in [-0.39, 0.29) is 0 Å². The van der Waals surface area contributed by atoms with Gasteiger partial charge < -0.3 is 5.73 Å². The predicted molar refractivity (Wildman–Crippen MR) is 83.5 cm³/mol. The fourth-order valence-corrected chi connectivity index (χ4v) is 3.22. The summed E-state index contributed by atoms with van der Waals surface area (Å²) in [7, 11) is 0. The van der Waals surface area contributed by atoms with Crippen LogP contribution in [0.5, 0.6) is 0 Å². The Kier molecular flexibility index (Phi) is 3.72. The zero-order chi connectivity index (χ0) is 14.1. The van der Waals surface area contributed by atoms with Crippen molar-refractivity contribution >= 4 is 10.9 Å². The summed E-state index contributed by atoms with van der Waals surface area (Å²) in [5, 5.41) is 1.23. The van der Waals surface area contributed by atoms with Gasteiger partial charge in [0.15, 0.2) is 0 Å². The summed E-state index contributed by atoms with van der Waals surface area (Å²) in [5.41, 5.74) is 9.33. The van der Waals surface area contributed by atoms with Crippen LogP contribution in [-0.4, -0.2) is 29.0 Å². The van der Waals surface area contributed by atoms with Gasteiger partial charge in [-0.15, -0.1) is 0 Å². The highest BCUT2D eigenvalue weighted by atomic mass is 15.2. The van der Waals surface area contributed by atoms with Crippen molar-refractivity contribution in [2.75, 3.05) is 13.1 Å². The summed E-state index contributed by atoms with van der Waals surface area (Å²) >= 11 is 0. The van der Waals surface area contributed by atoms with E-state index in [1.807, 2.05) is 6.92 Å². The van der Waals surface area contributed by atoms with Crippen molar-refractivity contribution in [2.24, 2.45) is 11.7 Å². The lowest BCUT2D eigenvalue weighted by molar-refractivity contribution is 0.256. The Labute approximate surface area is 120 Å². The molecule has 1 aliphatic rings. The molecule has 2 heterocycles. The van der Waals surface area contributed by atoms with E-state index in [1.165, 1.54) is 17.4 Å². The molecule has 2 N–H and O–H groups in total. The maximum atomic E-state index is 5.81. The normalized spacial score (nSPS) is 23.6. The Bertz CT molecular complexity index is 608. The van der Waals surface area contributed by atoms with Crippen molar-refractivity contribution in [1.29, 1.82) is 0 Å². The first-order valence-corrected chi connectivity index (χ1v) is 7.46. The van der Waals surface area contributed by atoms with Gasteiger partial charge in [0, 0.05) is 30.2 Å². The third kappa shape index (κ3) is 2.69. The molecule has 0 amide bonds. The van der Waals surface area contributed by atoms with Crippen LogP contribution in [0.15, 0.2) is 30.3 Å². The van der Waals surface area contributed by atoms with Crippen LogP contribution < -0.4 is 5.73 Å². The van der Waals surface area contributed by atoms with Crippen LogP contribution in [-0.2, 0) is 6.54 Å². The number of likely N-dealkylation sites (tertiary alicyclic amines) is 1. The van der Waals surface area contributed by atoms with E-state index in [2.05, 4.69) is 47.1 Å². The molecule has 106 valence electrons. The minimum Gasteiger partial charge on any atom is -0.330 e. The van der Waals surface area contributed by atoms with E-state index in [1.54, 1.807) is 0 Å². The van der Waals surface area contributed by atoms with Crippen molar-refractivity contribution in [1.82, 2.24) is 9.88 Å². The number of fused-ring (bicyclic) bond motifs is 1. The molecule has 2 atom stereocenters. The number of nitrogens with zero attached hydrogens (tertiary/aromatic N) is 2. The van der Waals surface area contributed by atoms with Crippen molar-refractivity contribution < 1.29 is 0 Å². The number of aryl methyl sites for hydroxylation is 1. The van der Waals surface area contributed by atoms with Crippen LogP contribution in [0, 0.1) is 12.8 Å². The molecule has 1 saturated heterocycles. The van der Waals surface area contributed by atoms with Gasteiger partial charge in [0.05, 0.1) is 5.52 Å². The van der Waals surface area contributed by atoms with Crippen molar-refractivity contribution in [3.63, 3.8) is 0 Å².